The molecule has 3 fully saturated rings. The molecule has 1 N–H and O–H groups in total. The van der Waals surface area contributed by atoms with Gasteiger partial charge >= 0.3 is 5.97 Å². The Morgan fingerprint density at radius 2 is 2.00 bits per heavy atom. The van der Waals surface area contributed by atoms with Gasteiger partial charge < -0.3 is 9.47 Å². The van der Waals surface area contributed by atoms with E-state index in [0.29, 0.717) is 6.04 Å². The summed E-state index contributed by atoms with van der Waals surface area (Å²) >= 11 is 0. The lowest BCUT2D eigenvalue weighted by Crippen LogP contribution is -2.57. The topological polar surface area (TPSA) is 47.6 Å². The van der Waals surface area contributed by atoms with Gasteiger partial charge in [0.25, 0.3) is 0 Å². The van der Waals surface area contributed by atoms with Crippen LogP contribution in [-0.2, 0) is 14.3 Å². The highest BCUT2D eigenvalue weighted by atomic mass is 16.5. The van der Waals surface area contributed by atoms with E-state index < -0.39 is 5.54 Å². The van der Waals surface area contributed by atoms with Crippen LogP contribution in [0.4, 0.5) is 0 Å². The van der Waals surface area contributed by atoms with Crippen molar-refractivity contribution in [1.82, 2.24) is 5.32 Å². The molecule has 2 unspecified atom stereocenters. The largest absolute Gasteiger partial charge is 0.468 e. The summed E-state index contributed by atoms with van der Waals surface area (Å²) in [6.07, 6.45) is 11.7. The van der Waals surface area contributed by atoms with E-state index in [1.54, 1.807) is 0 Å². The smallest absolute Gasteiger partial charge is 0.326 e. The molecule has 0 heterocycles. The summed E-state index contributed by atoms with van der Waals surface area (Å²) in [7, 11) is 1.50. The molecule has 0 spiro atoms. The van der Waals surface area contributed by atoms with Crippen LogP contribution in [0.1, 0.15) is 64.2 Å². The van der Waals surface area contributed by atoms with Crippen LogP contribution in [0.2, 0.25) is 0 Å². The fourth-order valence-corrected chi connectivity index (χ4v) is 3.74. The van der Waals surface area contributed by atoms with E-state index >= 15 is 0 Å². The maximum absolute atomic E-state index is 12.3. The number of methoxy groups -OCH3 is 1. The van der Waals surface area contributed by atoms with Crippen LogP contribution >= 0.6 is 0 Å². The number of esters is 1. The number of nitrogens with one attached hydrogen (secondary N) is 1. The molecule has 4 nitrogen and oxygen atoms in total. The van der Waals surface area contributed by atoms with Crippen LogP contribution in [0.5, 0.6) is 0 Å². The molecule has 0 bridgehead atoms. The fourth-order valence-electron chi connectivity index (χ4n) is 3.74. The highest BCUT2D eigenvalue weighted by Gasteiger charge is 2.46. The SMILES string of the molecule is COC(=O)C1(NC2CC2)CCCC(OCCC2CCC2)C1. The summed E-state index contributed by atoms with van der Waals surface area (Å²) in [5.74, 6) is 0.797. The van der Waals surface area contributed by atoms with Crippen LogP contribution in [0.15, 0.2) is 0 Å². The van der Waals surface area contributed by atoms with Gasteiger partial charge in [-0.25, -0.2) is 0 Å². The maximum atomic E-state index is 12.3. The quantitative estimate of drug-likeness (QED) is 0.734. The van der Waals surface area contributed by atoms with E-state index in [0.717, 1.165) is 38.2 Å². The second-order valence-electron chi connectivity index (χ2n) is 7.17. The minimum Gasteiger partial charge on any atom is -0.468 e. The summed E-state index contributed by atoms with van der Waals surface area (Å²) in [6.45, 7) is 0.857. The lowest BCUT2D eigenvalue weighted by molar-refractivity contribution is -0.153. The lowest BCUT2D eigenvalue weighted by Gasteiger charge is -2.39. The lowest BCUT2D eigenvalue weighted by atomic mass is 9.79. The Balaban J connectivity index is 1.51. The van der Waals surface area contributed by atoms with Crippen LogP contribution < -0.4 is 5.32 Å². The van der Waals surface area contributed by atoms with Crippen LogP contribution in [0.25, 0.3) is 0 Å². The standard InChI is InChI=1S/C17H29NO3/c1-20-16(19)17(18-14-7-8-14)10-3-6-15(12-17)21-11-9-13-4-2-5-13/h13-15,18H,2-12H2,1H3. The third-order valence-electron chi connectivity index (χ3n) is 5.44. The number of carbonyl (C=O) groups excluding carboxylic acids is 1. The highest BCUT2D eigenvalue weighted by molar-refractivity contribution is 5.81. The number of hydrogen-bond donors (Lipinski definition) is 1. The van der Waals surface area contributed by atoms with Crippen molar-refractivity contribution in [1.29, 1.82) is 0 Å². The molecule has 0 radical (unpaired) electrons. The van der Waals surface area contributed by atoms with Crippen molar-refractivity contribution >= 4 is 5.97 Å². The van der Waals surface area contributed by atoms with Gasteiger partial charge in [-0.15, -0.1) is 0 Å². The molecule has 3 aliphatic carbocycles. The molecule has 0 aromatic heterocycles. The van der Waals surface area contributed by atoms with Gasteiger partial charge in [-0.05, 0) is 44.4 Å². The molecule has 0 aromatic rings. The first-order chi connectivity index (χ1) is 10.2. The molecule has 2 atom stereocenters. The first-order valence-electron chi connectivity index (χ1n) is 8.69. The van der Waals surface area contributed by atoms with Crippen molar-refractivity contribution in [3.8, 4) is 0 Å². The molecule has 0 amide bonds. The van der Waals surface area contributed by atoms with E-state index in [9.17, 15) is 4.79 Å². The number of ether oxygens (including phenoxy) is 2. The highest BCUT2D eigenvalue weighted by Crippen LogP contribution is 2.35. The molecule has 0 aliphatic heterocycles. The molecule has 4 heteroatoms. The Morgan fingerprint density at radius 1 is 1.19 bits per heavy atom. The van der Waals surface area contributed by atoms with Crippen molar-refractivity contribution in [2.45, 2.75) is 81.9 Å². The first kappa shape index (κ1) is 15.3. The summed E-state index contributed by atoms with van der Waals surface area (Å²) in [4.78, 5) is 12.3. The molecular weight excluding hydrogens is 266 g/mol. The zero-order chi connectivity index (χ0) is 14.7. The van der Waals surface area contributed by atoms with Crippen molar-refractivity contribution in [2.24, 2.45) is 5.92 Å². The Kier molecular flexibility index (Phi) is 4.85. The van der Waals surface area contributed by atoms with E-state index in [1.165, 1.54) is 45.6 Å². The average molecular weight is 295 g/mol. The molecule has 0 saturated heterocycles. The van der Waals surface area contributed by atoms with E-state index in [4.69, 9.17) is 9.47 Å². The van der Waals surface area contributed by atoms with Gasteiger partial charge in [-0.3, -0.25) is 10.1 Å². The van der Waals surface area contributed by atoms with Gasteiger partial charge in [0.15, 0.2) is 0 Å². The van der Waals surface area contributed by atoms with Gasteiger partial charge in [0, 0.05) is 19.1 Å². The van der Waals surface area contributed by atoms with Crippen LogP contribution in [-0.4, -0.2) is 37.4 Å². The van der Waals surface area contributed by atoms with Gasteiger partial charge in [0.05, 0.1) is 13.2 Å². The maximum Gasteiger partial charge on any atom is 0.326 e. The van der Waals surface area contributed by atoms with Crippen molar-refractivity contribution in [3.05, 3.63) is 0 Å². The third kappa shape index (κ3) is 3.78. The Bertz CT molecular complexity index is 365. The van der Waals surface area contributed by atoms with Crippen LogP contribution in [0, 0.1) is 5.92 Å². The van der Waals surface area contributed by atoms with E-state index in [2.05, 4.69) is 5.32 Å². The molecule has 3 saturated carbocycles. The van der Waals surface area contributed by atoms with Gasteiger partial charge in [0.2, 0.25) is 0 Å². The van der Waals surface area contributed by atoms with E-state index in [-0.39, 0.29) is 12.1 Å². The van der Waals surface area contributed by atoms with Crippen molar-refractivity contribution < 1.29 is 14.3 Å². The second-order valence-corrected chi connectivity index (χ2v) is 7.17. The van der Waals surface area contributed by atoms with E-state index in [1.807, 2.05) is 0 Å². The minimum atomic E-state index is -0.491. The average Bonchev–Trinajstić information content (AvgIpc) is 3.25. The van der Waals surface area contributed by atoms with Gasteiger partial charge in [-0.1, -0.05) is 19.3 Å². The summed E-state index contributed by atoms with van der Waals surface area (Å²) in [5.41, 5.74) is -0.491. The number of rotatable bonds is 7. The molecule has 21 heavy (non-hydrogen) atoms. The zero-order valence-electron chi connectivity index (χ0n) is 13.2. The predicted molar refractivity (Wildman–Crippen MR) is 81.1 cm³/mol. The molecule has 0 aromatic carbocycles. The van der Waals surface area contributed by atoms with Crippen LogP contribution in [0.3, 0.4) is 0 Å². The first-order valence-corrected chi connectivity index (χ1v) is 8.69. The van der Waals surface area contributed by atoms with Crippen molar-refractivity contribution in [2.75, 3.05) is 13.7 Å². The van der Waals surface area contributed by atoms with Gasteiger partial charge in [0.1, 0.15) is 5.54 Å². The summed E-state index contributed by atoms with van der Waals surface area (Å²) < 4.78 is 11.2. The predicted octanol–water partition coefficient (Wildman–Crippen LogP) is 2.80. The summed E-state index contributed by atoms with van der Waals surface area (Å²) in [6, 6.07) is 0.512. The number of carbonyl (C=O) groups is 1. The summed E-state index contributed by atoms with van der Waals surface area (Å²) in [5, 5.41) is 3.55. The molecule has 120 valence electrons. The monoisotopic (exact) mass is 295 g/mol. The fraction of sp³-hybridized carbons (Fsp3) is 0.941. The zero-order valence-corrected chi connectivity index (χ0v) is 13.2. The third-order valence-corrected chi connectivity index (χ3v) is 5.44. The van der Waals surface area contributed by atoms with Gasteiger partial charge in [-0.2, -0.15) is 0 Å². The minimum absolute atomic E-state index is 0.0957. The second kappa shape index (κ2) is 6.66. The molecular formula is C17H29NO3. The van der Waals surface area contributed by atoms with Crippen molar-refractivity contribution in [3.63, 3.8) is 0 Å². The molecule has 3 aliphatic rings. The Labute approximate surface area is 127 Å². The Morgan fingerprint density at radius 3 is 2.62 bits per heavy atom. The molecule has 3 rings (SSSR count). The number of hydrogen-bond acceptors (Lipinski definition) is 4. The normalized spacial score (nSPS) is 33.5. The Hall–Kier alpha value is -0.610.